The first-order valence-electron chi connectivity index (χ1n) is 24.5. The summed E-state index contributed by atoms with van der Waals surface area (Å²) in [6.45, 7) is 0. The number of hydrogen-bond acceptors (Lipinski definition) is 0. The molecular weight excluding hydrogens is 1130 g/mol. The smallest absolute Gasteiger partial charge is 1.00 e. The largest absolute Gasteiger partial charge is 2.00 e. The Balaban J connectivity index is 0.000000122. The third-order valence-corrected chi connectivity index (χ3v) is 13.8. The van der Waals surface area contributed by atoms with Crippen LogP contribution >= 0.6 is 0 Å². The first-order chi connectivity index (χ1) is 35.6. The van der Waals surface area contributed by atoms with E-state index in [1.54, 1.807) is 0 Å². The molecule has 4 N–H and O–H groups in total. The molecule has 0 saturated carbocycles. The molecule has 12 aromatic carbocycles. The molecule has 0 bridgehead atoms. The third kappa shape index (κ3) is 11.2. The molecule has 0 aliphatic heterocycles. The summed E-state index contributed by atoms with van der Waals surface area (Å²) in [5.41, 5.74) is 14.5. The van der Waals surface area contributed by atoms with E-state index in [0.717, 1.165) is 0 Å². The van der Waals surface area contributed by atoms with Crippen LogP contribution in [-0.2, 0) is 52.4 Å². The first kappa shape index (κ1) is 53.5. The Hall–Kier alpha value is -7.29. The van der Waals surface area contributed by atoms with Gasteiger partial charge >= 0.3 is 52.4 Å². The number of benzene rings is 8. The summed E-state index contributed by atoms with van der Waals surface area (Å²) in [6.07, 6.45) is 0. The number of aromatic amines is 4. The average Bonchev–Trinajstić information content (AvgIpc) is 4.29. The summed E-state index contributed by atoms with van der Waals surface area (Å²) in [5.74, 6) is 0. The fraction of sp³-hybridized carbons (Fsp3) is 0. The Morgan fingerprint density at radius 2 is 0.395 bits per heavy atom. The van der Waals surface area contributed by atoms with Gasteiger partial charge in [-0.05, 0) is 68.6 Å². The van der Waals surface area contributed by atoms with Gasteiger partial charge in [-0.2, -0.15) is 0 Å². The molecule has 0 aliphatic carbocycles. The van der Waals surface area contributed by atoms with Crippen molar-refractivity contribution in [2.45, 2.75) is 0 Å². The number of rotatable bonds is 4. The van der Waals surface area contributed by atoms with E-state index in [4.69, 9.17) is 0 Å². The number of aromatic nitrogens is 4. The second-order valence-corrected chi connectivity index (χ2v) is 18.6. The maximum atomic E-state index is 3.47. The zero-order chi connectivity index (χ0) is 47.8. The van der Waals surface area contributed by atoms with Crippen molar-refractivity contribution < 1.29 is 77.2 Å². The molecule has 0 aliphatic rings. The van der Waals surface area contributed by atoms with Crippen LogP contribution in [0.5, 0.6) is 0 Å². The van der Waals surface area contributed by atoms with Crippen LogP contribution in [-0.4, -0.2) is 19.9 Å². The predicted octanol–water partition coefficient (Wildman–Crippen LogP) is 12.8. The van der Waals surface area contributed by atoms with Crippen LogP contribution in [0.4, 0.5) is 0 Å². The van der Waals surface area contributed by atoms with Gasteiger partial charge in [0.15, 0.2) is 0 Å². The zero-order valence-electron chi connectivity index (χ0n) is 41.2. The zero-order valence-corrected chi connectivity index (χ0v) is 47.6. The van der Waals surface area contributed by atoms with E-state index in [1.165, 1.54) is 132 Å². The minimum atomic E-state index is 0. The van der Waals surface area contributed by atoms with E-state index in [9.17, 15) is 0 Å². The van der Waals surface area contributed by atoms with E-state index in [2.05, 4.69) is 287 Å². The van der Waals surface area contributed by atoms with Crippen molar-refractivity contribution in [2.24, 2.45) is 0 Å². The summed E-state index contributed by atoms with van der Waals surface area (Å²) in [4.78, 5) is 13.9. The molecule has 76 heavy (non-hydrogen) atoms. The number of H-pyrrole nitrogens is 4. The van der Waals surface area contributed by atoms with Gasteiger partial charge in [0.05, 0.1) is 0 Å². The summed E-state index contributed by atoms with van der Waals surface area (Å²) in [5, 5.41) is 15.4. The molecule has 16 rings (SSSR count). The Bertz CT molecular complexity index is 3380. The predicted molar refractivity (Wildman–Crippen MR) is 307 cm³/mol. The van der Waals surface area contributed by atoms with Gasteiger partial charge in [-0.15, -0.1) is 138 Å². The van der Waals surface area contributed by atoms with Crippen LogP contribution in [0.2, 0.25) is 0 Å². The van der Waals surface area contributed by atoms with Crippen LogP contribution < -0.4 is 24.8 Å². The Morgan fingerprint density at radius 1 is 0.211 bits per heavy atom. The maximum absolute atomic E-state index is 3.47. The van der Waals surface area contributed by atoms with Crippen LogP contribution in [0.25, 0.3) is 132 Å². The Morgan fingerprint density at radius 3 is 0.592 bits per heavy atom. The van der Waals surface area contributed by atoms with Crippen molar-refractivity contribution in [3.63, 3.8) is 0 Å². The van der Waals surface area contributed by atoms with E-state index < -0.39 is 0 Å². The Labute approximate surface area is 491 Å². The van der Waals surface area contributed by atoms with Gasteiger partial charge in [0, 0.05) is 22.1 Å². The van der Waals surface area contributed by atoms with Crippen LogP contribution in [0.3, 0.4) is 0 Å². The second-order valence-electron chi connectivity index (χ2n) is 18.6. The quantitative estimate of drug-likeness (QED) is 0.127. The molecular formula is C68H48Cl2N4Zr2-2. The molecule has 364 valence electrons. The molecule has 0 atom stereocenters. The van der Waals surface area contributed by atoms with Crippen molar-refractivity contribution in [2.75, 3.05) is 0 Å². The van der Waals surface area contributed by atoms with E-state index in [0.29, 0.717) is 0 Å². The third-order valence-electron chi connectivity index (χ3n) is 13.8. The number of para-hydroxylation sites is 4. The first-order valence-corrected chi connectivity index (χ1v) is 24.5. The number of nitrogens with one attached hydrogen (secondary N) is 4. The fourth-order valence-corrected chi connectivity index (χ4v) is 10.1. The van der Waals surface area contributed by atoms with Gasteiger partial charge in [-0.1, -0.05) is 170 Å². The van der Waals surface area contributed by atoms with Gasteiger partial charge in [-0.3, -0.25) is 0 Å². The van der Waals surface area contributed by atoms with Crippen molar-refractivity contribution in [3.8, 4) is 45.0 Å². The van der Waals surface area contributed by atoms with Gasteiger partial charge < -0.3 is 44.7 Å². The van der Waals surface area contributed by atoms with Crippen molar-refractivity contribution in [1.29, 1.82) is 0 Å². The van der Waals surface area contributed by atoms with Crippen LogP contribution in [0.15, 0.2) is 267 Å². The van der Waals surface area contributed by atoms with Crippen LogP contribution in [0, 0.1) is 0 Å². The monoisotopic (exact) mass is 1170 g/mol. The molecule has 16 aromatic rings. The van der Waals surface area contributed by atoms with Crippen molar-refractivity contribution in [1.82, 2.24) is 19.9 Å². The molecule has 4 aromatic heterocycles. The normalized spacial score (nSPS) is 10.7. The maximum Gasteiger partial charge on any atom is 2.00 e. The number of hydrogen-bond donors (Lipinski definition) is 4. The van der Waals surface area contributed by atoms with Gasteiger partial charge in [0.2, 0.25) is 0 Å². The molecule has 0 spiro atoms. The topological polar surface area (TPSA) is 63.2 Å². The van der Waals surface area contributed by atoms with E-state index in [-0.39, 0.29) is 77.2 Å². The SMILES string of the molecule is [Cl-].[Cl-].[Zr+2].[Zr+2].c1ccc2[cH-]c(-c3cc4ccccc4[nH]3)cc2c1.c1ccc2[cH-]c(-c3cc4ccccc4[nH]3)cc2c1.c1ccc2[cH-]c(-c3cc4ccccc4[nH]3)cc2c1.c1ccc2[cH-]c(-c3cc4ccccc4[nH]3)cc2c1. The number of halogens is 2. The standard InChI is InChI=1S/4C17H12N.2ClH.2Zr/c4*1-2-6-13-10-15(9-12(13)5-1)17-11-14-7-3-4-8-16(14)18-17;;;;/h4*1-11,18H;2*1H;;/q4*-1;;;2*+2/p-2. The minimum absolute atomic E-state index is 0. The Kier molecular flexibility index (Phi) is 16.7. The molecule has 0 amide bonds. The molecule has 4 heterocycles. The van der Waals surface area contributed by atoms with E-state index >= 15 is 0 Å². The molecule has 0 fully saturated rings. The fourth-order valence-electron chi connectivity index (χ4n) is 10.1. The molecule has 0 unspecified atom stereocenters. The number of fused-ring (bicyclic) bond motifs is 8. The van der Waals surface area contributed by atoms with Gasteiger partial charge in [0.25, 0.3) is 0 Å². The summed E-state index contributed by atoms with van der Waals surface area (Å²) in [6, 6.07) is 94.1. The van der Waals surface area contributed by atoms with Crippen molar-refractivity contribution >= 4 is 86.7 Å². The molecule has 0 radical (unpaired) electrons. The molecule has 8 heteroatoms. The van der Waals surface area contributed by atoms with Crippen LogP contribution in [0.1, 0.15) is 0 Å². The van der Waals surface area contributed by atoms with Gasteiger partial charge in [-0.25, -0.2) is 0 Å². The summed E-state index contributed by atoms with van der Waals surface area (Å²) < 4.78 is 0. The van der Waals surface area contributed by atoms with Gasteiger partial charge in [0.1, 0.15) is 0 Å². The van der Waals surface area contributed by atoms with E-state index in [1.807, 2.05) is 0 Å². The average molecular weight is 1170 g/mol. The minimum Gasteiger partial charge on any atom is -1.00 e. The molecule has 4 nitrogen and oxygen atoms in total. The second kappa shape index (κ2) is 23.7. The summed E-state index contributed by atoms with van der Waals surface area (Å²) in [7, 11) is 0. The summed E-state index contributed by atoms with van der Waals surface area (Å²) >= 11 is 0. The molecule has 0 saturated heterocycles. The van der Waals surface area contributed by atoms with Crippen molar-refractivity contribution in [3.05, 3.63) is 267 Å².